The fourth-order valence-corrected chi connectivity index (χ4v) is 2.21. The molecular formula is C19H16FN3O3. The van der Waals surface area contributed by atoms with Crippen molar-refractivity contribution in [3.63, 3.8) is 0 Å². The first-order valence-corrected chi connectivity index (χ1v) is 7.81. The zero-order valence-corrected chi connectivity index (χ0v) is 14.0. The van der Waals surface area contributed by atoms with E-state index in [-0.39, 0.29) is 18.3 Å². The number of halogens is 1. The maximum Gasteiger partial charge on any atom is 0.262 e. The minimum atomic E-state index is -0.509. The number of amides is 1. The lowest BCUT2D eigenvalue weighted by molar-refractivity contribution is -0.118. The zero-order chi connectivity index (χ0) is 18.4. The van der Waals surface area contributed by atoms with Crippen LogP contribution in [0.2, 0.25) is 0 Å². The molecule has 0 aliphatic carbocycles. The molecule has 0 saturated carbocycles. The highest BCUT2D eigenvalue weighted by molar-refractivity contribution is 5.92. The van der Waals surface area contributed by atoms with Gasteiger partial charge in [-0.15, -0.1) is 10.2 Å². The Morgan fingerprint density at radius 2 is 1.81 bits per heavy atom. The number of ether oxygens (including phenoxy) is 2. The van der Waals surface area contributed by atoms with Gasteiger partial charge in [-0.3, -0.25) is 4.79 Å². The van der Waals surface area contributed by atoms with Gasteiger partial charge in [-0.05, 0) is 30.3 Å². The highest BCUT2D eigenvalue weighted by Gasteiger charge is 2.07. The molecule has 3 aromatic rings. The van der Waals surface area contributed by atoms with Crippen LogP contribution in [0.15, 0.2) is 60.7 Å². The first-order chi connectivity index (χ1) is 12.7. The Hall–Kier alpha value is -3.48. The highest BCUT2D eigenvalue weighted by atomic mass is 19.1. The third-order valence-electron chi connectivity index (χ3n) is 3.51. The normalized spacial score (nSPS) is 10.2. The number of nitrogens with one attached hydrogen (secondary N) is 1. The summed E-state index contributed by atoms with van der Waals surface area (Å²) in [6, 6.07) is 16.5. The Morgan fingerprint density at radius 1 is 1.04 bits per heavy atom. The monoisotopic (exact) mass is 353 g/mol. The van der Waals surface area contributed by atoms with E-state index in [0.717, 1.165) is 5.56 Å². The molecule has 3 rings (SSSR count). The number of para-hydroxylation sites is 1. The smallest absolute Gasteiger partial charge is 0.262 e. The third-order valence-corrected chi connectivity index (χ3v) is 3.51. The molecule has 0 unspecified atom stereocenters. The minimum Gasteiger partial charge on any atom is -0.481 e. The highest BCUT2D eigenvalue weighted by Crippen LogP contribution is 2.20. The lowest BCUT2D eigenvalue weighted by atomic mass is 10.1. The number of carbonyl (C=O) groups is 1. The molecule has 6 nitrogen and oxygen atoms in total. The molecule has 0 aliphatic rings. The maximum absolute atomic E-state index is 13.4. The average molecular weight is 353 g/mol. The first-order valence-electron chi connectivity index (χ1n) is 7.81. The summed E-state index contributed by atoms with van der Waals surface area (Å²) in [6.45, 7) is -0.285. The number of anilines is 1. The summed E-state index contributed by atoms with van der Waals surface area (Å²) in [7, 11) is 1.52. The largest absolute Gasteiger partial charge is 0.481 e. The Kier molecular flexibility index (Phi) is 5.38. The van der Waals surface area contributed by atoms with Crippen LogP contribution in [0.4, 0.5) is 10.1 Å². The summed E-state index contributed by atoms with van der Waals surface area (Å²) in [6.07, 6.45) is 0. The van der Waals surface area contributed by atoms with Crippen molar-refractivity contribution in [3.05, 3.63) is 66.5 Å². The van der Waals surface area contributed by atoms with Gasteiger partial charge in [-0.25, -0.2) is 4.39 Å². The molecule has 132 valence electrons. The molecule has 7 heteroatoms. The maximum atomic E-state index is 13.4. The van der Waals surface area contributed by atoms with Gasteiger partial charge in [-0.1, -0.05) is 24.3 Å². The van der Waals surface area contributed by atoms with Gasteiger partial charge < -0.3 is 14.8 Å². The standard InChI is InChI=1S/C19H16FN3O3/c1-25-19-11-10-16(22-23-19)13-6-8-14(9-7-13)21-18(24)12-26-17-5-3-2-4-15(17)20/h2-11H,12H2,1H3,(H,21,24). The molecule has 0 atom stereocenters. The molecule has 0 spiro atoms. The molecule has 0 saturated heterocycles. The average Bonchev–Trinajstić information content (AvgIpc) is 2.68. The molecular weight excluding hydrogens is 337 g/mol. The van der Waals surface area contributed by atoms with Crippen molar-refractivity contribution in [1.82, 2.24) is 10.2 Å². The summed E-state index contributed by atoms with van der Waals surface area (Å²) < 4.78 is 23.6. The summed E-state index contributed by atoms with van der Waals surface area (Å²) >= 11 is 0. The van der Waals surface area contributed by atoms with Crippen molar-refractivity contribution in [3.8, 4) is 22.9 Å². The Labute approximate surface area is 149 Å². The van der Waals surface area contributed by atoms with Gasteiger partial charge in [0.25, 0.3) is 5.91 Å². The van der Waals surface area contributed by atoms with Crippen LogP contribution in [0.1, 0.15) is 0 Å². The van der Waals surface area contributed by atoms with Gasteiger partial charge >= 0.3 is 0 Å². The summed E-state index contributed by atoms with van der Waals surface area (Å²) in [5.41, 5.74) is 2.13. The molecule has 26 heavy (non-hydrogen) atoms. The van der Waals surface area contributed by atoms with E-state index >= 15 is 0 Å². The number of benzene rings is 2. The SMILES string of the molecule is COc1ccc(-c2ccc(NC(=O)COc3ccccc3F)cc2)nn1. The Balaban J connectivity index is 1.58. The molecule has 0 radical (unpaired) electrons. The topological polar surface area (TPSA) is 73.3 Å². The Bertz CT molecular complexity index is 883. The molecule has 0 aliphatic heterocycles. The second-order valence-electron chi connectivity index (χ2n) is 5.31. The third kappa shape index (κ3) is 4.32. The number of hydrogen-bond acceptors (Lipinski definition) is 5. The van der Waals surface area contributed by atoms with E-state index in [4.69, 9.17) is 9.47 Å². The summed E-state index contributed by atoms with van der Waals surface area (Å²) in [5, 5.41) is 10.7. The quantitative estimate of drug-likeness (QED) is 0.736. The molecule has 1 amide bonds. The van der Waals surface area contributed by atoms with Crippen LogP contribution >= 0.6 is 0 Å². The van der Waals surface area contributed by atoms with E-state index in [9.17, 15) is 9.18 Å². The van der Waals surface area contributed by atoms with Crippen molar-refractivity contribution in [2.45, 2.75) is 0 Å². The van der Waals surface area contributed by atoms with Gasteiger partial charge in [0.2, 0.25) is 5.88 Å². The van der Waals surface area contributed by atoms with Crippen molar-refractivity contribution in [2.24, 2.45) is 0 Å². The molecule has 2 aromatic carbocycles. The summed E-state index contributed by atoms with van der Waals surface area (Å²) in [5.74, 6) is -0.418. The predicted octanol–water partition coefficient (Wildman–Crippen LogP) is 3.31. The van der Waals surface area contributed by atoms with Crippen LogP contribution in [0, 0.1) is 5.82 Å². The van der Waals surface area contributed by atoms with Gasteiger partial charge in [0.1, 0.15) is 0 Å². The van der Waals surface area contributed by atoms with Crippen LogP contribution in [-0.4, -0.2) is 29.8 Å². The lowest BCUT2D eigenvalue weighted by Crippen LogP contribution is -2.20. The summed E-state index contributed by atoms with van der Waals surface area (Å²) in [4.78, 5) is 11.9. The van der Waals surface area contributed by atoms with E-state index < -0.39 is 5.82 Å². The van der Waals surface area contributed by atoms with Gasteiger partial charge in [0.05, 0.1) is 12.8 Å². The molecule has 1 heterocycles. The predicted molar refractivity (Wildman–Crippen MR) is 94.5 cm³/mol. The van der Waals surface area contributed by atoms with Gasteiger partial charge in [0, 0.05) is 17.3 Å². The molecule has 1 N–H and O–H groups in total. The number of nitrogens with zero attached hydrogens (tertiary/aromatic N) is 2. The van der Waals surface area contributed by atoms with Crippen molar-refractivity contribution in [1.29, 1.82) is 0 Å². The van der Waals surface area contributed by atoms with E-state index in [2.05, 4.69) is 15.5 Å². The first kappa shape index (κ1) is 17.3. The van der Waals surface area contributed by atoms with Crippen LogP contribution < -0.4 is 14.8 Å². The van der Waals surface area contributed by atoms with Crippen molar-refractivity contribution in [2.75, 3.05) is 19.0 Å². The van der Waals surface area contributed by atoms with E-state index in [1.165, 1.54) is 19.2 Å². The number of hydrogen-bond donors (Lipinski definition) is 1. The fourth-order valence-electron chi connectivity index (χ4n) is 2.21. The molecule has 0 bridgehead atoms. The van der Waals surface area contributed by atoms with Gasteiger partial charge in [-0.2, -0.15) is 0 Å². The van der Waals surface area contributed by atoms with Crippen LogP contribution in [0.25, 0.3) is 11.3 Å². The zero-order valence-electron chi connectivity index (χ0n) is 14.0. The lowest BCUT2D eigenvalue weighted by Gasteiger charge is -2.08. The molecule has 1 aromatic heterocycles. The van der Waals surface area contributed by atoms with Crippen molar-refractivity contribution < 1.29 is 18.7 Å². The number of carbonyl (C=O) groups excluding carboxylic acids is 1. The van der Waals surface area contributed by atoms with Crippen LogP contribution in [-0.2, 0) is 4.79 Å². The van der Waals surface area contributed by atoms with E-state index in [1.54, 1.807) is 36.4 Å². The van der Waals surface area contributed by atoms with Crippen molar-refractivity contribution >= 4 is 11.6 Å². The number of aromatic nitrogens is 2. The van der Waals surface area contributed by atoms with E-state index in [1.807, 2.05) is 12.1 Å². The number of rotatable bonds is 6. The number of methoxy groups -OCH3 is 1. The van der Waals surface area contributed by atoms with Crippen LogP contribution in [0.3, 0.4) is 0 Å². The Morgan fingerprint density at radius 3 is 2.46 bits per heavy atom. The van der Waals surface area contributed by atoms with E-state index in [0.29, 0.717) is 17.3 Å². The fraction of sp³-hybridized carbons (Fsp3) is 0.105. The van der Waals surface area contributed by atoms with Crippen LogP contribution in [0.5, 0.6) is 11.6 Å². The minimum absolute atomic E-state index is 0.0380. The van der Waals surface area contributed by atoms with Gasteiger partial charge in [0.15, 0.2) is 18.2 Å². The second kappa shape index (κ2) is 8.06. The second-order valence-corrected chi connectivity index (χ2v) is 5.31. The molecule has 0 fully saturated rings.